The summed E-state index contributed by atoms with van der Waals surface area (Å²) in [5.41, 5.74) is 3.65. The van der Waals surface area contributed by atoms with Crippen molar-refractivity contribution in [3.63, 3.8) is 0 Å². The summed E-state index contributed by atoms with van der Waals surface area (Å²) >= 11 is 0. The van der Waals surface area contributed by atoms with Crippen molar-refractivity contribution >= 4 is 23.6 Å². The summed E-state index contributed by atoms with van der Waals surface area (Å²) in [5, 5.41) is 0. The Hall–Kier alpha value is -3.02. The first kappa shape index (κ1) is 17.8. The SMILES string of the molecule is COc1c(C)cnc(CN(C)C(=O)C2C=Nc3ccccc3C2=O)c1C. The van der Waals surface area contributed by atoms with Crippen molar-refractivity contribution in [2.45, 2.75) is 20.4 Å². The number of hydrogen-bond donors (Lipinski definition) is 0. The third-order valence-corrected chi connectivity index (χ3v) is 4.59. The highest BCUT2D eigenvalue weighted by Crippen LogP contribution is 2.28. The third-order valence-electron chi connectivity index (χ3n) is 4.59. The number of aromatic nitrogens is 1. The number of ketones is 1. The first-order valence-corrected chi connectivity index (χ1v) is 8.35. The van der Waals surface area contributed by atoms with Crippen LogP contribution in [0.15, 0.2) is 35.5 Å². The molecule has 6 heteroatoms. The Morgan fingerprint density at radius 1 is 1.27 bits per heavy atom. The number of para-hydroxylation sites is 1. The Labute approximate surface area is 152 Å². The highest BCUT2D eigenvalue weighted by atomic mass is 16.5. The normalized spacial score (nSPS) is 15.5. The van der Waals surface area contributed by atoms with Crippen LogP contribution in [0.1, 0.15) is 27.2 Å². The van der Waals surface area contributed by atoms with Crippen LogP contribution in [0.2, 0.25) is 0 Å². The van der Waals surface area contributed by atoms with E-state index in [0.717, 1.165) is 22.6 Å². The number of fused-ring (bicyclic) bond motifs is 1. The minimum Gasteiger partial charge on any atom is -0.496 e. The number of nitrogens with zero attached hydrogens (tertiary/aromatic N) is 3. The van der Waals surface area contributed by atoms with E-state index in [1.54, 1.807) is 38.6 Å². The largest absolute Gasteiger partial charge is 0.496 e. The highest BCUT2D eigenvalue weighted by molar-refractivity contribution is 6.23. The zero-order chi connectivity index (χ0) is 18.8. The standard InChI is InChI=1S/C20H21N3O3/c1-12-9-21-17(13(2)19(12)26-4)11-23(3)20(25)15-10-22-16-8-6-5-7-14(16)18(15)24/h5-10,15H,11H2,1-4H3. The van der Waals surface area contributed by atoms with E-state index in [9.17, 15) is 9.59 Å². The van der Waals surface area contributed by atoms with Crippen LogP contribution in [0, 0.1) is 19.8 Å². The van der Waals surface area contributed by atoms with Gasteiger partial charge >= 0.3 is 0 Å². The van der Waals surface area contributed by atoms with E-state index in [1.165, 1.54) is 11.1 Å². The lowest BCUT2D eigenvalue weighted by Crippen LogP contribution is -2.38. The third kappa shape index (κ3) is 3.10. The first-order chi connectivity index (χ1) is 12.4. The smallest absolute Gasteiger partial charge is 0.239 e. The van der Waals surface area contributed by atoms with Crippen molar-refractivity contribution in [3.05, 3.63) is 52.8 Å². The van der Waals surface area contributed by atoms with Crippen LogP contribution in [0.3, 0.4) is 0 Å². The number of hydrogen-bond acceptors (Lipinski definition) is 5. The molecule has 0 saturated carbocycles. The van der Waals surface area contributed by atoms with Gasteiger partial charge in [-0.2, -0.15) is 0 Å². The van der Waals surface area contributed by atoms with Gasteiger partial charge in [0.25, 0.3) is 0 Å². The summed E-state index contributed by atoms with van der Waals surface area (Å²) in [6.45, 7) is 4.13. The second kappa shape index (κ2) is 7.07. The maximum atomic E-state index is 12.8. The summed E-state index contributed by atoms with van der Waals surface area (Å²) in [6, 6.07) is 7.05. The summed E-state index contributed by atoms with van der Waals surface area (Å²) in [5.74, 6) is -0.657. The van der Waals surface area contributed by atoms with Gasteiger partial charge in [-0.1, -0.05) is 12.1 Å². The lowest BCUT2D eigenvalue weighted by atomic mass is 9.93. The molecule has 1 atom stereocenters. The van der Waals surface area contributed by atoms with Gasteiger partial charge in [-0.3, -0.25) is 19.6 Å². The zero-order valence-corrected chi connectivity index (χ0v) is 15.3. The van der Waals surface area contributed by atoms with Crippen molar-refractivity contribution < 1.29 is 14.3 Å². The first-order valence-electron chi connectivity index (χ1n) is 8.35. The molecule has 2 aromatic rings. The fraction of sp³-hybridized carbons (Fsp3) is 0.300. The van der Waals surface area contributed by atoms with Crippen LogP contribution in [0.25, 0.3) is 0 Å². The highest BCUT2D eigenvalue weighted by Gasteiger charge is 2.32. The minimum atomic E-state index is -0.900. The van der Waals surface area contributed by atoms with Crippen LogP contribution >= 0.6 is 0 Å². The number of methoxy groups -OCH3 is 1. The van der Waals surface area contributed by atoms with Crippen molar-refractivity contribution in [3.8, 4) is 5.75 Å². The van der Waals surface area contributed by atoms with Crippen LogP contribution in [0.5, 0.6) is 5.75 Å². The Morgan fingerprint density at radius 3 is 2.73 bits per heavy atom. The number of rotatable bonds is 4. The summed E-state index contributed by atoms with van der Waals surface area (Å²) in [6.07, 6.45) is 3.16. The van der Waals surface area contributed by atoms with Gasteiger partial charge in [-0.25, -0.2) is 0 Å². The predicted molar refractivity (Wildman–Crippen MR) is 99.2 cm³/mol. The van der Waals surface area contributed by atoms with Gasteiger partial charge in [0.05, 0.1) is 25.0 Å². The van der Waals surface area contributed by atoms with E-state index >= 15 is 0 Å². The quantitative estimate of drug-likeness (QED) is 0.794. The fourth-order valence-corrected chi connectivity index (χ4v) is 3.13. The predicted octanol–water partition coefficient (Wildman–Crippen LogP) is 2.88. The molecule has 26 heavy (non-hydrogen) atoms. The number of pyridine rings is 1. The summed E-state index contributed by atoms with van der Waals surface area (Å²) in [7, 11) is 3.28. The Kier molecular flexibility index (Phi) is 4.84. The molecule has 0 aliphatic carbocycles. The number of carbonyl (C=O) groups is 2. The number of carbonyl (C=O) groups excluding carboxylic acids is 2. The van der Waals surface area contributed by atoms with Crippen molar-refractivity contribution in [1.82, 2.24) is 9.88 Å². The summed E-state index contributed by atoms with van der Waals surface area (Å²) < 4.78 is 5.41. The van der Waals surface area contributed by atoms with E-state index in [2.05, 4.69) is 9.98 Å². The second-order valence-corrected chi connectivity index (χ2v) is 6.38. The molecule has 1 unspecified atom stereocenters. The van der Waals surface area contributed by atoms with E-state index in [0.29, 0.717) is 17.8 Å². The molecule has 1 aromatic heterocycles. The average Bonchev–Trinajstić information content (AvgIpc) is 2.64. The lowest BCUT2D eigenvalue weighted by molar-refractivity contribution is -0.131. The average molecular weight is 351 g/mol. The van der Waals surface area contributed by atoms with Crippen LogP contribution < -0.4 is 4.74 Å². The molecule has 2 heterocycles. The molecule has 1 amide bonds. The van der Waals surface area contributed by atoms with Crippen molar-refractivity contribution in [2.24, 2.45) is 10.9 Å². The molecule has 6 nitrogen and oxygen atoms in total. The van der Waals surface area contributed by atoms with Gasteiger partial charge in [0.1, 0.15) is 11.7 Å². The molecule has 0 radical (unpaired) electrons. The number of amides is 1. The molecule has 0 fully saturated rings. The Morgan fingerprint density at radius 2 is 2.00 bits per heavy atom. The van der Waals surface area contributed by atoms with Gasteiger partial charge < -0.3 is 9.64 Å². The molecule has 1 aliphatic rings. The minimum absolute atomic E-state index is 0.224. The monoisotopic (exact) mass is 351 g/mol. The topological polar surface area (TPSA) is 71.9 Å². The molecule has 1 aliphatic heterocycles. The van der Waals surface area contributed by atoms with Crippen LogP contribution in [-0.2, 0) is 11.3 Å². The van der Waals surface area contributed by atoms with E-state index in [-0.39, 0.29) is 11.7 Å². The molecule has 3 rings (SSSR count). The van der Waals surface area contributed by atoms with Crippen LogP contribution in [0.4, 0.5) is 5.69 Å². The molecule has 0 N–H and O–H groups in total. The van der Waals surface area contributed by atoms with Gasteiger partial charge in [-0.05, 0) is 26.0 Å². The molecule has 0 spiro atoms. The lowest BCUT2D eigenvalue weighted by Gasteiger charge is -2.24. The van der Waals surface area contributed by atoms with Crippen molar-refractivity contribution in [2.75, 3.05) is 14.2 Å². The molecule has 0 bridgehead atoms. The summed E-state index contributed by atoms with van der Waals surface area (Å²) in [4.78, 5) is 35.6. The molecular weight excluding hydrogens is 330 g/mol. The number of aliphatic imine (C=N–C) groups is 1. The van der Waals surface area contributed by atoms with E-state index < -0.39 is 5.92 Å². The Bertz CT molecular complexity index is 905. The van der Waals surface area contributed by atoms with E-state index in [4.69, 9.17) is 4.74 Å². The molecular formula is C20H21N3O3. The number of aryl methyl sites for hydroxylation is 1. The van der Waals surface area contributed by atoms with Gasteiger partial charge in [0.15, 0.2) is 5.78 Å². The van der Waals surface area contributed by atoms with Gasteiger partial charge in [0.2, 0.25) is 5.91 Å². The molecule has 0 saturated heterocycles. The number of ether oxygens (including phenoxy) is 1. The maximum Gasteiger partial charge on any atom is 0.239 e. The number of Topliss-reactive ketones (excluding diaryl/α,β-unsaturated/α-hetero) is 1. The fourth-order valence-electron chi connectivity index (χ4n) is 3.13. The Balaban J connectivity index is 1.81. The number of benzene rings is 1. The van der Waals surface area contributed by atoms with Crippen molar-refractivity contribution in [1.29, 1.82) is 0 Å². The zero-order valence-electron chi connectivity index (χ0n) is 15.3. The molecule has 134 valence electrons. The second-order valence-electron chi connectivity index (χ2n) is 6.38. The van der Waals surface area contributed by atoms with Crippen LogP contribution in [-0.4, -0.2) is 41.9 Å². The van der Waals surface area contributed by atoms with E-state index in [1.807, 2.05) is 19.9 Å². The van der Waals surface area contributed by atoms with Gasteiger partial charge in [0, 0.05) is 36.1 Å². The molecule has 1 aromatic carbocycles. The van der Waals surface area contributed by atoms with Gasteiger partial charge in [-0.15, -0.1) is 0 Å². The maximum absolute atomic E-state index is 12.8.